The monoisotopic (exact) mass is 243 g/mol. The number of nitrogen functional groups attached to an aromatic ring is 1. The molecule has 8 heteroatoms. The van der Waals surface area contributed by atoms with Gasteiger partial charge in [0.1, 0.15) is 0 Å². The number of nitrogens with zero attached hydrogens (tertiary/aromatic N) is 3. The van der Waals surface area contributed by atoms with Crippen molar-refractivity contribution in [2.75, 3.05) is 38.5 Å². The van der Waals surface area contributed by atoms with Gasteiger partial charge in [-0.15, -0.1) is 0 Å². The van der Waals surface area contributed by atoms with E-state index in [1.54, 1.807) is 7.11 Å². The second-order valence-corrected chi connectivity index (χ2v) is 3.31. The first-order valence-electron chi connectivity index (χ1n) is 5.11. The molecule has 1 aromatic heterocycles. The van der Waals surface area contributed by atoms with E-state index in [9.17, 15) is 0 Å². The van der Waals surface area contributed by atoms with E-state index in [1.807, 2.05) is 0 Å². The van der Waals surface area contributed by atoms with Crippen LogP contribution in [0.5, 0.6) is 6.01 Å². The lowest BCUT2D eigenvalue weighted by Crippen LogP contribution is -2.27. The van der Waals surface area contributed by atoms with Crippen LogP contribution in [-0.4, -0.2) is 53.5 Å². The van der Waals surface area contributed by atoms with Crippen molar-refractivity contribution in [3.05, 3.63) is 0 Å². The van der Waals surface area contributed by atoms with Crippen LogP contribution in [0.2, 0.25) is 0 Å². The summed E-state index contributed by atoms with van der Waals surface area (Å²) >= 11 is 0. The zero-order chi connectivity index (χ0) is 12.7. The van der Waals surface area contributed by atoms with E-state index in [1.165, 1.54) is 7.11 Å². The SMILES string of the molecule is COCC(CCO)Nc1nc(N)nc(OC)n1. The van der Waals surface area contributed by atoms with Crippen molar-refractivity contribution in [2.24, 2.45) is 0 Å². The maximum Gasteiger partial charge on any atom is 0.322 e. The summed E-state index contributed by atoms with van der Waals surface area (Å²) in [5.74, 6) is 0.365. The Kier molecular flexibility index (Phi) is 5.37. The second-order valence-electron chi connectivity index (χ2n) is 3.31. The Bertz CT molecular complexity index is 343. The van der Waals surface area contributed by atoms with Gasteiger partial charge in [-0.05, 0) is 6.42 Å². The fourth-order valence-corrected chi connectivity index (χ4v) is 1.26. The molecule has 8 nitrogen and oxygen atoms in total. The van der Waals surface area contributed by atoms with Gasteiger partial charge in [0, 0.05) is 13.7 Å². The number of nitrogens with one attached hydrogen (secondary N) is 1. The van der Waals surface area contributed by atoms with Gasteiger partial charge >= 0.3 is 6.01 Å². The maximum atomic E-state index is 8.90. The Morgan fingerprint density at radius 1 is 1.35 bits per heavy atom. The van der Waals surface area contributed by atoms with Crippen molar-refractivity contribution in [3.63, 3.8) is 0 Å². The van der Waals surface area contributed by atoms with Crippen molar-refractivity contribution in [1.29, 1.82) is 0 Å². The van der Waals surface area contributed by atoms with Crippen molar-refractivity contribution in [3.8, 4) is 6.01 Å². The number of aromatic nitrogens is 3. The molecule has 1 aromatic rings. The molecule has 1 heterocycles. The van der Waals surface area contributed by atoms with Gasteiger partial charge in [0.15, 0.2) is 0 Å². The van der Waals surface area contributed by atoms with Crippen LogP contribution in [0.4, 0.5) is 11.9 Å². The van der Waals surface area contributed by atoms with E-state index in [2.05, 4.69) is 20.3 Å². The summed E-state index contributed by atoms with van der Waals surface area (Å²) in [4.78, 5) is 11.7. The minimum absolute atomic E-state index is 0.0404. The molecule has 4 N–H and O–H groups in total. The highest BCUT2D eigenvalue weighted by atomic mass is 16.5. The highest BCUT2D eigenvalue weighted by molar-refractivity contribution is 5.33. The number of nitrogens with two attached hydrogens (primary N) is 1. The third-order valence-corrected chi connectivity index (χ3v) is 1.99. The van der Waals surface area contributed by atoms with Crippen LogP contribution in [-0.2, 0) is 4.74 Å². The maximum absolute atomic E-state index is 8.90. The molecule has 0 aromatic carbocycles. The molecular weight excluding hydrogens is 226 g/mol. The van der Waals surface area contributed by atoms with E-state index in [0.29, 0.717) is 19.0 Å². The van der Waals surface area contributed by atoms with E-state index >= 15 is 0 Å². The fraction of sp³-hybridized carbons (Fsp3) is 0.667. The standard InChI is InChI=1S/C9H17N5O3/c1-16-5-6(3-4-15)11-8-12-7(10)13-9(14-8)17-2/h6,15H,3-5H2,1-2H3,(H3,10,11,12,13,14). The molecule has 1 rings (SSSR count). The third kappa shape index (κ3) is 4.37. The molecule has 0 amide bonds. The van der Waals surface area contributed by atoms with Gasteiger partial charge in [0.05, 0.1) is 19.8 Å². The Morgan fingerprint density at radius 2 is 2.12 bits per heavy atom. The largest absolute Gasteiger partial charge is 0.467 e. The Hall–Kier alpha value is -1.67. The molecule has 0 bridgehead atoms. The first kappa shape index (κ1) is 13.4. The second kappa shape index (κ2) is 6.81. The molecule has 96 valence electrons. The third-order valence-electron chi connectivity index (χ3n) is 1.99. The van der Waals surface area contributed by atoms with Gasteiger partial charge < -0.3 is 25.6 Å². The number of hydrogen-bond donors (Lipinski definition) is 3. The smallest absolute Gasteiger partial charge is 0.322 e. The number of anilines is 2. The number of methoxy groups -OCH3 is 2. The minimum atomic E-state index is -0.100. The number of hydrogen-bond acceptors (Lipinski definition) is 8. The van der Waals surface area contributed by atoms with Crippen LogP contribution in [0.25, 0.3) is 0 Å². The van der Waals surface area contributed by atoms with E-state index in [4.69, 9.17) is 20.3 Å². The van der Waals surface area contributed by atoms with Gasteiger partial charge in [-0.2, -0.15) is 15.0 Å². The molecule has 0 saturated carbocycles. The number of ether oxygens (including phenoxy) is 2. The zero-order valence-electron chi connectivity index (χ0n) is 9.88. The van der Waals surface area contributed by atoms with Crippen LogP contribution >= 0.6 is 0 Å². The predicted molar refractivity (Wildman–Crippen MR) is 61.8 cm³/mol. The average Bonchev–Trinajstić information content (AvgIpc) is 2.29. The van der Waals surface area contributed by atoms with E-state index in [0.717, 1.165) is 0 Å². The van der Waals surface area contributed by atoms with Crippen LogP contribution < -0.4 is 15.8 Å². The quantitative estimate of drug-likeness (QED) is 0.574. The summed E-state index contributed by atoms with van der Waals surface area (Å²) in [7, 11) is 3.02. The van der Waals surface area contributed by atoms with E-state index in [-0.39, 0.29) is 24.6 Å². The average molecular weight is 243 g/mol. The molecular formula is C9H17N5O3. The molecule has 0 spiro atoms. The Morgan fingerprint density at radius 3 is 2.71 bits per heavy atom. The fourth-order valence-electron chi connectivity index (χ4n) is 1.26. The van der Waals surface area contributed by atoms with Crippen LogP contribution in [0.15, 0.2) is 0 Å². The zero-order valence-corrected chi connectivity index (χ0v) is 9.88. The highest BCUT2D eigenvalue weighted by Crippen LogP contribution is 2.10. The van der Waals surface area contributed by atoms with E-state index < -0.39 is 0 Å². The first-order chi connectivity index (χ1) is 8.19. The number of rotatable bonds is 7. The molecule has 0 aliphatic carbocycles. The summed E-state index contributed by atoms with van der Waals surface area (Å²) in [5, 5.41) is 11.9. The van der Waals surface area contributed by atoms with Gasteiger partial charge in [-0.1, -0.05) is 0 Å². The lowest BCUT2D eigenvalue weighted by Gasteiger charge is -2.16. The Balaban J connectivity index is 2.73. The first-order valence-corrected chi connectivity index (χ1v) is 5.11. The predicted octanol–water partition coefficient (Wildman–Crippen LogP) is -0.728. The Labute approximate surface area is 99.2 Å². The van der Waals surface area contributed by atoms with Crippen LogP contribution in [0.3, 0.4) is 0 Å². The summed E-state index contributed by atoms with van der Waals surface area (Å²) in [6, 6.07) is 0.0386. The van der Waals surface area contributed by atoms with Crippen molar-refractivity contribution in [1.82, 2.24) is 15.0 Å². The minimum Gasteiger partial charge on any atom is -0.467 e. The van der Waals surface area contributed by atoms with Gasteiger partial charge in [0.25, 0.3) is 0 Å². The molecule has 0 saturated heterocycles. The molecule has 0 aliphatic rings. The van der Waals surface area contributed by atoms with Crippen molar-refractivity contribution < 1.29 is 14.6 Å². The summed E-state index contributed by atoms with van der Waals surface area (Å²) in [6.45, 7) is 0.465. The lowest BCUT2D eigenvalue weighted by atomic mass is 10.2. The van der Waals surface area contributed by atoms with Gasteiger partial charge in [-0.3, -0.25) is 0 Å². The van der Waals surface area contributed by atoms with Crippen molar-refractivity contribution in [2.45, 2.75) is 12.5 Å². The lowest BCUT2D eigenvalue weighted by molar-refractivity contribution is 0.170. The topological polar surface area (TPSA) is 115 Å². The van der Waals surface area contributed by atoms with Crippen LogP contribution in [0, 0.1) is 0 Å². The molecule has 0 radical (unpaired) electrons. The molecule has 1 atom stereocenters. The molecule has 1 unspecified atom stereocenters. The molecule has 0 fully saturated rings. The summed E-state index contributed by atoms with van der Waals surface area (Å²) < 4.78 is 9.88. The normalized spacial score (nSPS) is 12.2. The molecule has 0 aliphatic heterocycles. The molecule has 17 heavy (non-hydrogen) atoms. The van der Waals surface area contributed by atoms with Gasteiger partial charge in [-0.25, -0.2) is 0 Å². The van der Waals surface area contributed by atoms with Crippen LogP contribution in [0.1, 0.15) is 6.42 Å². The summed E-state index contributed by atoms with van der Waals surface area (Å²) in [6.07, 6.45) is 0.516. The van der Waals surface area contributed by atoms with Crippen molar-refractivity contribution >= 4 is 11.9 Å². The van der Waals surface area contributed by atoms with Gasteiger partial charge in [0.2, 0.25) is 11.9 Å². The number of aliphatic hydroxyl groups excluding tert-OH is 1. The summed E-state index contributed by atoms with van der Waals surface area (Å²) in [5.41, 5.74) is 5.50. The highest BCUT2D eigenvalue weighted by Gasteiger charge is 2.11. The number of aliphatic hydroxyl groups is 1.